The van der Waals surface area contributed by atoms with Gasteiger partial charge in [-0.05, 0) is 42.8 Å². The van der Waals surface area contributed by atoms with Crippen molar-refractivity contribution in [2.45, 2.75) is 19.5 Å². The number of hydrogen-bond acceptors (Lipinski definition) is 3. The van der Waals surface area contributed by atoms with Crippen LogP contribution in [-0.4, -0.2) is 23.5 Å². The van der Waals surface area contributed by atoms with Gasteiger partial charge in [-0.3, -0.25) is 14.2 Å². The average Bonchev–Trinajstić information content (AvgIpc) is 2.90. The lowest BCUT2D eigenvalue weighted by Gasteiger charge is -2.10. The Balaban J connectivity index is 2.20. The van der Waals surface area contributed by atoms with E-state index in [2.05, 4.69) is 0 Å². The lowest BCUT2D eigenvalue weighted by atomic mass is 10.1. The maximum absolute atomic E-state index is 14.3. The van der Waals surface area contributed by atoms with E-state index in [0.29, 0.717) is 16.6 Å². The Morgan fingerprint density at radius 3 is 2.28 bits per heavy atom. The van der Waals surface area contributed by atoms with Gasteiger partial charge in [0.15, 0.2) is 11.6 Å². The van der Waals surface area contributed by atoms with E-state index < -0.39 is 29.4 Å². The molecule has 1 amide bonds. The number of fused-ring (bicyclic) bond motifs is 1. The van der Waals surface area contributed by atoms with E-state index >= 15 is 0 Å². The summed E-state index contributed by atoms with van der Waals surface area (Å²) < 4.78 is 58.7. The number of nitrogens with two attached hydrogens (primary N) is 1. The minimum atomic E-state index is -4.54. The van der Waals surface area contributed by atoms with Gasteiger partial charge in [-0.2, -0.15) is 13.2 Å². The van der Waals surface area contributed by atoms with E-state index in [1.165, 1.54) is 13.2 Å². The van der Waals surface area contributed by atoms with Crippen molar-refractivity contribution in [3.8, 4) is 5.75 Å². The zero-order valence-corrected chi connectivity index (χ0v) is 15.4. The molecule has 0 saturated heterocycles. The Kier molecular flexibility index (Phi) is 5.08. The molecule has 2 N–H and O–H groups in total. The minimum Gasteiger partial charge on any atom is -0.494 e. The molecule has 29 heavy (non-hydrogen) atoms. The standard InChI is InChI=1S/C20H16F4N2O3/c1-10-13(8-18(25)27)14-7-17(29-2)15(21)9-16(14)26(10)19(28)11-3-5-12(6-4-11)20(22,23)24/h3-7,9H,8H2,1-2H3,(H2,25,27). The Labute approximate surface area is 162 Å². The highest BCUT2D eigenvalue weighted by molar-refractivity contribution is 6.05. The van der Waals surface area contributed by atoms with Gasteiger partial charge in [0.25, 0.3) is 5.91 Å². The molecule has 1 heterocycles. The molecule has 3 aromatic rings. The van der Waals surface area contributed by atoms with Crippen LogP contribution in [0.1, 0.15) is 27.2 Å². The Bertz CT molecular complexity index is 1120. The number of methoxy groups -OCH3 is 1. The number of rotatable bonds is 4. The van der Waals surface area contributed by atoms with Crippen LogP contribution in [0.3, 0.4) is 0 Å². The summed E-state index contributed by atoms with van der Waals surface area (Å²) in [6.07, 6.45) is -4.74. The van der Waals surface area contributed by atoms with Gasteiger partial charge in [0, 0.05) is 22.7 Å². The fourth-order valence-electron chi connectivity index (χ4n) is 3.23. The van der Waals surface area contributed by atoms with Gasteiger partial charge in [0.05, 0.1) is 24.6 Å². The first-order chi connectivity index (χ1) is 13.5. The monoisotopic (exact) mass is 408 g/mol. The van der Waals surface area contributed by atoms with Crippen LogP contribution in [0.2, 0.25) is 0 Å². The SMILES string of the molecule is COc1cc2c(CC(N)=O)c(C)n(C(=O)c3ccc(C(F)(F)F)cc3)c2cc1F. The first kappa shape index (κ1) is 20.4. The van der Waals surface area contributed by atoms with Gasteiger partial charge in [0.2, 0.25) is 5.91 Å². The summed E-state index contributed by atoms with van der Waals surface area (Å²) in [6.45, 7) is 1.55. The molecule has 0 bridgehead atoms. The number of carbonyl (C=O) groups is 2. The van der Waals surface area contributed by atoms with Crippen LogP contribution < -0.4 is 10.5 Å². The van der Waals surface area contributed by atoms with E-state index in [-0.39, 0.29) is 23.3 Å². The number of alkyl halides is 3. The lowest BCUT2D eigenvalue weighted by Crippen LogP contribution is -2.16. The zero-order chi connectivity index (χ0) is 21.5. The van der Waals surface area contributed by atoms with Gasteiger partial charge in [-0.15, -0.1) is 0 Å². The van der Waals surface area contributed by atoms with Crippen molar-refractivity contribution in [3.63, 3.8) is 0 Å². The highest BCUT2D eigenvalue weighted by Gasteiger charge is 2.30. The molecule has 0 radical (unpaired) electrons. The molecule has 152 valence electrons. The summed E-state index contributed by atoms with van der Waals surface area (Å²) in [5, 5.41) is 0.389. The zero-order valence-electron chi connectivity index (χ0n) is 15.4. The third kappa shape index (κ3) is 3.67. The second-order valence-electron chi connectivity index (χ2n) is 6.43. The quantitative estimate of drug-likeness (QED) is 0.667. The fourth-order valence-corrected chi connectivity index (χ4v) is 3.23. The number of benzene rings is 2. The fraction of sp³-hybridized carbons (Fsp3) is 0.200. The van der Waals surface area contributed by atoms with Crippen molar-refractivity contribution >= 4 is 22.7 Å². The Hall–Kier alpha value is -3.36. The molecule has 9 heteroatoms. The number of primary amides is 1. The summed E-state index contributed by atoms with van der Waals surface area (Å²) in [7, 11) is 1.27. The Morgan fingerprint density at radius 1 is 1.14 bits per heavy atom. The third-order valence-corrected chi connectivity index (χ3v) is 4.62. The molecule has 5 nitrogen and oxygen atoms in total. The molecule has 0 aliphatic rings. The average molecular weight is 408 g/mol. The minimum absolute atomic E-state index is 0.0279. The molecule has 0 aliphatic carbocycles. The predicted octanol–water partition coefficient (Wildman–Crippen LogP) is 3.83. The van der Waals surface area contributed by atoms with E-state index in [1.54, 1.807) is 6.92 Å². The molecule has 0 unspecified atom stereocenters. The molecular weight excluding hydrogens is 392 g/mol. The number of carbonyl (C=O) groups excluding carboxylic acids is 2. The van der Waals surface area contributed by atoms with Crippen molar-refractivity contribution in [3.05, 3.63) is 64.6 Å². The lowest BCUT2D eigenvalue weighted by molar-refractivity contribution is -0.137. The van der Waals surface area contributed by atoms with Gasteiger partial charge >= 0.3 is 6.18 Å². The van der Waals surface area contributed by atoms with Crippen LogP contribution in [-0.2, 0) is 17.4 Å². The van der Waals surface area contributed by atoms with Crippen LogP contribution in [0.25, 0.3) is 10.9 Å². The molecule has 0 spiro atoms. The molecular formula is C20H16F4N2O3. The molecule has 0 saturated carbocycles. The molecule has 3 rings (SSSR count). The number of ether oxygens (including phenoxy) is 1. The number of aromatic nitrogens is 1. The first-order valence-corrected chi connectivity index (χ1v) is 8.42. The normalized spacial score (nSPS) is 11.7. The van der Waals surface area contributed by atoms with Crippen molar-refractivity contribution in [2.75, 3.05) is 7.11 Å². The Morgan fingerprint density at radius 2 is 1.76 bits per heavy atom. The number of amides is 1. The topological polar surface area (TPSA) is 74.3 Å². The van der Waals surface area contributed by atoms with Gasteiger partial charge in [-0.1, -0.05) is 0 Å². The van der Waals surface area contributed by atoms with E-state index in [9.17, 15) is 27.2 Å². The number of nitrogens with zero attached hydrogens (tertiary/aromatic N) is 1. The second-order valence-corrected chi connectivity index (χ2v) is 6.43. The summed E-state index contributed by atoms with van der Waals surface area (Å²) in [4.78, 5) is 24.5. The highest BCUT2D eigenvalue weighted by atomic mass is 19.4. The summed E-state index contributed by atoms with van der Waals surface area (Å²) >= 11 is 0. The molecule has 1 aromatic heterocycles. The molecule has 0 fully saturated rings. The van der Waals surface area contributed by atoms with E-state index in [4.69, 9.17) is 10.5 Å². The highest BCUT2D eigenvalue weighted by Crippen LogP contribution is 2.33. The number of hydrogen-bond donors (Lipinski definition) is 1. The summed E-state index contributed by atoms with van der Waals surface area (Å²) in [6, 6.07) is 6.11. The van der Waals surface area contributed by atoms with Gasteiger partial charge in [-0.25, -0.2) is 4.39 Å². The van der Waals surface area contributed by atoms with Crippen molar-refractivity contribution in [1.29, 1.82) is 0 Å². The summed E-state index contributed by atoms with van der Waals surface area (Å²) in [5.74, 6) is -2.13. The van der Waals surface area contributed by atoms with Gasteiger partial charge < -0.3 is 10.5 Å². The van der Waals surface area contributed by atoms with Crippen molar-refractivity contribution in [2.24, 2.45) is 5.73 Å². The summed E-state index contributed by atoms with van der Waals surface area (Å²) in [5.41, 5.74) is 5.26. The molecule has 2 aromatic carbocycles. The predicted molar refractivity (Wildman–Crippen MR) is 97.3 cm³/mol. The van der Waals surface area contributed by atoms with Crippen molar-refractivity contribution < 1.29 is 31.9 Å². The van der Waals surface area contributed by atoms with E-state index in [1.807, 2.05) is 0 Å². The van der Waals surface area contributed by atoms with E-state index in [0.717, 1.165) is 34.9 Å². The maximum Gasteiger partial charge on any atom is 0.416 e. The van der Waals surface area contributed by atoms with Crippen LogP contribution in [0.15, 0.2) is 36.4 Å². The van der Waals surface area contributed by atoms with Crippen LogP contribution >= 0.6 is 0 Å². The van der Waals surface area contributed by atoms with Crippen molar-refractivity contribution in [1.82, 2.24) is 4.57 Å². The van der Waals surface area contributed by atoms with Gasteiger partial charge in [0.1, 0.15) is 0 Å². The largest absolute Gasteiger partial charge is 0.494 e. The first-order valence-electron chi connectivity index (χ1n) is 8.42. The van der Waals surface area contributed by atoms with Crippen LogP contribution in [0.5, 0.6) is 5.75 Å². The molecule has 0 atom stereocenters. The van der Waals surface area contributed by atoms with Crippen LogP contribution in [0, 0.1) is 12.7 Å². The smallest absolute Gasteiger partial charge is 0.416 e. The maximum atomic E-state index is 14.3. The second kappa shape index (κ2) is 7.23. The third-order valence-electron chi connectivity index (χ3n) is 4.62. The number of halogens is 4. The van der Waals surface area contributed by atoms with Crippen LogP contribution in [0.4, 0.5) is 17.6 Å². The molecule has 0 aliphatic heterocycles.